The van der Waals surface area contributed by atoms with E-state index < -0.39 is 30.2 Å². The van der Waals surface area contributed by atoms with Gasteiger partial charge >= 0.3 is 5.97 Å². The molecular weight excluding hydrogens is 367 g/mol. The second-order valence-electron chi connectivity index (χ2n) is 5.78. The third-order valence-corrected chi connectivity index (χ3v) is 3.59. The minimum atomic E-state index is -0.685. The fraction of sp³-hybridized carbons (Fsp3) is 0.200. The van der Waals surface area contributed by atoms with Crippen molar-refractivity contribution in [1.82, 2.24) is 5.32 Å². The summed E-state index contributed by atoms with van der Waals surface area (Å²) >= 11 is 0. The smallest absolute Gasteiger partial charge is 0.306 e. The Morgan fingerprint density at radius 3 is 2.21 bits per heavy atom. The van der Waals surface area contributed by atoms with E-state index in [9.17, 15) is 23.6 Å². The third kappa shape index (κ3) is 7.36. The van der Waals surface area contributed by atoms with Crippen molar-refractivity contribution < 1.29 is 28.3 Å². The number of Topliss-reactive ketones (excluding diaryl/α,β-unsaturated/α-hetero) is 1. The van der Waals surface area contributed by atoms with Crippen LogP contribution in [0.25, 0.3) is 0 Å². The fourth-order valence-electron chi connectivity index (χ4n) is 2.17. The molecule has 0 bridgehead atoms. The molecule has 0 radical (unpaired) electrons. The molecule has 0 aliphatic carbocycles. The van der Waals surface area contributed by atoms with Gasteiger partial charge in [0.05, 0.1) is 13.0 Å². The first kappa shape index (κ1) is 20.8. The molecule has 0 aromatic heterocycles. The lowest BCUT2D eigenvalue weighted by Crippen LogP contribution is -2.35. The highest BCUT2D eigenvalue weighted by atomic mass is 19.1. The number of amides is 2. The van der Waals surface area contributed by atoms with Crippen molar-refractivity contribution >= 4 is 29.3 Å². The molecule has 0 saturated heterocycles. The molecule has 0 fully saturated rings. The van der Waals surface area contributed by atoms with E-state index in [0.29, 0.717) is 11.3 Å². The minimum absolute atomic E-state index is 0.0233. The van der Waals surface area contributed by atoms with Crippen LogP contribution in [0.3, 0.4) is 0 Å². The Morgan fingerprint density at radius 2 is 1.54 bits per heavy atom. The number of esters is 1. The SMILES string of the molecule is O=C(COC(=O)CCC(=O)c1ccccc1)NCC(=O)Nc1ccc(F)cc1. The van der Waals surface area contributed by atoms with Crippen molar-refractivity contribution in [2.45, 2.75) is 12.8 Å². The monoisotopic (exact) mass is 386 g/mol. The summed E-state index contributed by atoms with van der Waals surface area (Å²) in [6, 6.07) is 13.7. The van der Waals surface area contributed by atoms with Gasteiger partial charge in [0.1, 0.15) is 5.82 Å². The number of rotatable bonds is 9. The number of carbonyl (C=O) groups is 4. The van der Waals surface area contributed by atoms with Crippen LogP contribution in [-0.2, 0) is 19.1 Å². The van der Waals surface area contributed by atoms with Crippen LogP contribution >= 0.6 is 0 Å². The minimum Gasteiger partial charge on any atom is -0.456 e. The first-order chi connectivity index (χ1) is 13.4. The number of hydrogen-bond donors (Lipinski definition) is 2. The highest BCUT2D eigenvalue weighted by molar-refractivity contribution is 5.97. The van der Waals surface area contributed by atoms with Crippen molar-refractivity contribution in [1.29, 1.82) is 0 Å². The second-order valence-corrected chi connectivity index (χ2v) is 5.78. The molecule has 2 rings (SSSR count). The van der Waals surface area contributed by atoms with Crippen LogP contribution in [0.2, 0.25) is 0 Å². The Balaban J connectivity index is 1.62. The summed E-state index contributed by atoms with van der Waals surface area (Å²) in [5, 5.41) is 4.76. The Kier molecular flexibility index (Phi) is 7.83. The first-order valence-corrected chi connectivity index (χ1v) is 8.50. The maximum atomic E-state index is 12.8. The molecule has 0 spiro atoms. The highest BCUT2D eigenvalue weighted by Gasteiger charge is 2.12. The molecular formula is C20H19FN2O5. The predicted molar refractivity (Wildman–Crippen MR) is 99.0 cm³/mol. The molecule has 2 aromatic carbocycles. The summed E-state index contributed by atoms with van der Waals surface area (Å²) < 4.78 is 17.6. The van der Waals surface area contributed by atoms with Crippen LogP contribution in [0.15, 0.2) is 54.6 Å². The van der Waals surface area contributed by atoms with Gasteiger partial charge in [-0.2, -0.15) is 0 Å². The zero-order valence-corrected chi connectivity index (χ0v) is 14.9. The van der Waals surface area contributed by atoms with Gasteiger partial charge in [-0.15, -0.1) is 0 Å². The molecule has 0 aliphatic rings. The Bertz CT molecular complexity index is 837. The molecule has 0 heterocycles. The van der Waals surface area contributed by atoms with Crippen molar-refractivity contribution in [3.05, 3.63) is 66.0 Å². The zero-order valence-electron chi connectivity index (χ0n) is 14.9. The summed E-state index contributed by atoms with van der Waals surface area (Å²) in [5.41, 5.74) is 0.885. The van der Waals surface area contributed by atoms with Crippen LogP contribution in [0.1, 0.15) is 23.2 Å². The van der Waals surface area contributed by atoms with Crippen molar-refractivity contribution in [3.8, 4) is 0 Å². The number of ketones is 1. The van der Waals surface area contributed by atoms with Crippen LogP contribution in [0, 0.1) is 5.82 Å². The average Bonchev–Trinajstić information content (AvgIpc) is 2.71. The topological polar surface area (TPSA) is 102 Å². The summed E-state index contributed by atoms with van der Waals surface area (Å²) in [6.45, 7) is -0.886. The molecule has 2 N–H and O–H groups in total. The molecule has 28 heavy (non-hydrogen) atoms. The van der Waals surface area contributed by atoms with E-state index in [4.69, 9.17) is 4.74 Å². The molecule has 2 aromatic rings. The second kappa shape index (κ2) is 10.6. The van der Waals surface area contributed by atoms with Crippen molar-refractivity contribution in [2.75, 3.05) is 18.5 Å². The predicted octanol–water partition coefficient (Wildman–Crippen LogP) is 2.09. The third-order valence-electron chi connectivity index (χ3n) is 3.59. The lowest BCUT2D eigenvalue weighted by molar-refractivity contribution is -0.148. The molecule has 0 atom stereocenters. The van der Waals surface area contributed by atoms with Gasteiger partial charge in [0.15, 0.2) is 12.4 Å². The van der Waals surface area contributed by atoms with Crippen molar-refractivity contribution in [3.63, 3.8) is 0 Å². The van der Waals surface area contributed by atoms with Gasteiger partial charge in [0.2, 0.25) is 5.91 Å². The van der Waals surface area contributed by atoms with E-state index in [-0.39, 0.29) is 25.2 Å². The van der Waals surface area contributed by atoms with E-state index in [2.05, 4.69) is 10.6 Å². The van der Waals surface area contributed by atoms with Crippen LogP contribution in [0.4, 0.5) is 10.1 Å². The van der Waals surface area contributed by atoms with Crippen LogP contribution in [0.5, 0.6) is 0 Å². The van der Waals surface area contributed by atoms with E-state index in [1.165, 1.54) is 24.3 Å². The van der Waals surface area contributed by atoms with Gasteiger partial charge in [-0.25, -0.2) is 4.39 Å². The van der Waals surface area contributed by atoms with Crippen molar-refractivity contribution in [2.24, 2.45) is 0 Å². The quantitative estimate of drug-likeness (QED) is 0.508. The number of ether oxygens (including phenoxy) is 1. The standard InChI is InChI=1S/C20H19FN2O5/c21-15-6-8-16(9-7-15)23-18(25)12-22-19(26)13-28-20(27)11-10-17(24)14-4-2-1-3-5-14/h1-9H,10-13H2,(H,22,26)(H,23,25). The highest BCUT2D eigenvalue weighted by Crippen LogP contribution is 2.08. The summed E-state index contributed by atoms with van der Waals surface area (Å²) in [6.07, 6.45) is -0.170. The van der Waals surface area contributed by atoms with Gasteiger partial charge in [-0.1, -0.05) is 30.3 Å². The van der Waals surface area contributed by atoms with Gasteiger partial charge in [0.25, 0.3) is 5.91 Å². The maximum Gasteiger partial charge on any atom is 0.306 e. The van der Waals surface area contributed by atoms with Gasteiger partial charge in [-0.3, -0.25) is 19.2 Å². The van der Waals surface area contributed by atoms with E-state index in [0.717, 1.165) is 0 Å². The molecule has 0 unspecified atom stereocenters. The number of nitrogens with one attached hydrogen (secondary N) is 2. The lowest BCUT2D eigenvalue weighted by Gasteiger charge is -2.08. The van der Waals surface area contributed by atoms with Gasteiger partial charge < -0.3 is 15.4 Å². The van der Waals surface area contributed by atoms with Crippen LogP contribution < -0.4 is 10.6 Å². The number of halogens is 1. The van der Waals surface area contributed by atoms with E-state index in [1.807, 2.05) is 0 Å². The van der Waals surface area contributed by atoms with Gasteiger partial charge in [0, 0.05) is 17.7 Å². The summed E-state index contributed by atoms with van der Waals surface area (Å²) in [5.74, 6) is -2.48. The van der Waals surface area contributed by atoms with E-state index in [1.54, 1.807) is 30.3 Å². The molecule has 7 nitrogen and oxygen atoms in total. The Labute approximate surface area is 160 Å². The average molecular weight is 386 g/mol. The number of carbonyl (C=O) groups excluding carboxylic acids is 4. The van der Waals surface area contributed by atoms with E-state index >= 15 is 0 Å². The number of hydrogen-bond acceptors (Lipinski definition) is 5. The molecule has 146 valence electrons. The number of benzene rings is 2. The zero-order chi connectivity index (χ0) is 20.4. The first-order valence-electron chi connectivity index (χ1n) is 8.50. The fourth-order valence-corrected chi connectivity index (χ4v) is 2.17. The Morgan fingerprint density at radius 1 is 0.857 bits per heavy atom. The number of anilines is 1. The largest absolute Gasteiger partial charge is 0.456 e. The lowest BCUT2D eigenvalue weighted by atomic mass is 10.1. The van der Waals surface area contributed by atoms with Gasteiger partial charge in [-0.05, 0) is 24.3 Å². The molecule has 2 amide bonds. The Hall–Kier alpha value is -3.55. The normalized spacial score (nSPS) is 10.0. The molecule has 8 heteroatoms. The van der Waals surface area contributed by atoms with Crippen LogP contribution in [-0.4, -0.2) is 36.7 Å². The molecule has 0 aliphatic heterocycles. The summed E-state index contributed by atoms with van der Waals surface area (Å²) in [7, 11) is 0. The molecule has 0 saturated carbocycles. The summed E-state index contributed by atoms with van der Waals surface area (Å²) in [4.78, 5) is 46.8. The maximum absolute atomic E-state index is 12.8.